The Balaban J connectivity index is 1.65. The molecule has 3 aromatic rings. The molecule has 0 radical (unpaired) electrons. The van der Waals surface area contributed by atoms with Crippen molar-refractivity contribution in [3.63, 3.8) is 0 Å². The molecule has 0 aliphatic carbocycles. The SMILES string of the molecule is Cc1nc(COc2ccc(C(=O)Nc3cccc(S(=O)(=O)NC(C)(C)C)c3)cc2)cs1. The highest BCUT2D eigenvalue weighted by molar-refractivity contribution is 7.89. The topological polar surface area (TPSA) is 97.4 Å². The average Bonchev–Trinajstić information content (AvgIpc) is 3.10. The molecule has 0 saturated carbocycles. The van der Waals surface area contributed by atoms with Crippen molar-refractivity contribution >= 4 is 33.0 Å². The summed E-state index contributed by atoms with van der Waals surface area (Å²) >= 11 is 1.57. The van der Waals surface area contributed by atoms with Crippen molar-refractivity contribution in [1.29, 1.82) is 0 Å². The number of benzene rings is 2. The first-order valence-electron chi connectivity index (χ1n) is 9.61. The number of thiazole rings is 1. The Labute approximate surface area is 186 Å². The number of nitrogens with zero attached hydrogens (tertiary/aromatic N) is 1. The predicted octanol–water partition coefficient (Wildman–Crippen LogP) is 4.36. The molecule has 0 atom stereocenters. The van der Waals surface area contributed by atoms with Crippen LogP contribution in [-0.2, 0) is 16.6 Å². The maximum absolute atomic E-state index is 12.6. The van der Waals surface area contributed by atoms with Crippen LogP contribution in [0.5, 0.6) is 5.75 Å². The van der Waals surface area contributed by atoms with E-state index in [1.54, 1.807) is 68.5 Å². The minimum atomic E-state index is -3.70. The van der Waals surface area contributed by atoms with Gasteiger partial charge >= 0.3 is 0 Å². The molecule has 2 aromatic carbocycles. The summed E-state index contributed by atoms with van der Waals surface area (Å²) in [6.07, 6.45) is 0. The van der Waals surface area contributed by atoms with Crippen LogP contribution in [0.4, 0.5) is 5.69 Å². The summed E-state index contributed by atoms with van der Waals surface area (Å²) < 4.78 is 33.3. The van der Waals surface area contributed by atoms with Crippen molar-refractivity contribution in [3.05, 3.63) is 70.2 Å². The van der Waals surface area contributed by atoms with Crippen molar-refractivity contribution in [1.82, 2.24) is 9.71 Å². The van der Waals surface area contributed by atoms with Gasteiger partial charge in [-0.25, -0.2) is 18.1 Å². The summed E-state index contributed by atoms with van der Waals surface area (Å²) in [5.41, 5.74) is 1.07. The second kappa shape index (κ2) is 9.17. The van der Waals surface area contributed by atoms with Crippen LogP contribution in [0.15, 0.2) is 58.8 Å². The first-order chi connectivity index (χ1) is 14.5. The molecule has 0 aliphatic heterocycles. The van der Waals surface area contributed by atoms with Crippen molar-refractivity contribution in [2.75, 3.05) is 5.32 Å². The number of sulfonamides is 1. The molecule has 7 nitrogen and oxygen atoms in total. The van der Waals surface area contributed by atoms with Crippen LogP contribution in [0.2, 0.25) is 0 Å². The highest BCUT2D eigenvalue weighted by Crippen LogP contribution is 2.20. The maximum Gasteiger partial charge on any atom is 0.255 e. The number of amides is 1. The largest absolute Gasteiger partial charge is 0.487 e. The fourth-order valence-corrected chi connectivity index (χ4v) is 4.80. The molecular weight excluding hydrogens is 434 g/mol. The number of carbonyl (C=O) groups is 1. The molecule has 9 heteroatoms. The van der Waals surface area contributed by atoms with Crippen LogP contribution in [0.1, 0.15) is 41.8 Å². The van der Waals surface area contributed by atoms with E-state index >= 15 is 0 Å². The van der Waals surface area contributed by atoms with E-state index < -0.39 is 15.6 Å². The molecule has 2 N–H and O–H groups in total. The van der Waals surface area contributed by atoms with Gasteiger partial charge in [-0.15, -0.1) is 11.3 Å². The number of aryl methyl sites for hydroxylation is 1. The lowest BCUT2D eigenvalue weighted by molar-refractivity contribution is 0.102. The first kappa shape index (κ1) is 22.9. The monoisotopic (exact) mass is 459 g/mol. The standard InChI is InChI=1S/C22H25N3O4S2/c1-15-23-18(14-30-15)13-29-19-10-8-16(9-11-19)21(26)24-17-6-5-7-20(12-17)31(27,28)25-22(2,3)4/h5-12,14,25H,13H2,1-4H3,(H,24,26). The van der Waals surface area contributed by atoms with Gasteiger partial charge in [0, 0.05) is 22.2 Å². The van der Waals surface area contributed by atoms with Gasteiger partial charge in [-0.3, -0.25) is 4.79 Å². The van der Waals surface area contributed by atoms with E-state index in [1.807, 2.05) is 12.3 Å². The molecular formula is C22H25N3O4S2. The molecule has 0 unspecified atom stereocenters. The number of anilines is 1. The molecule has 1 aromatic heterocycles. The van der Waals surface area contributed by atoms with Crippen LogP contribution in [0.25, 0.3) is 0 Å². The molecule has 0 spiro atoms. The summed E-state index contributed by atoms with van der Waals surface area (Å²) in [5, 5.41) is 5.66. The van der Waals surface area contributed by atoms with Crippen LogP contribution >= 0.6 is 11.3 Å². The third-order valence-corrected chi connectivity index (χ3v) is 6.59. The molecule has 0 saturated heterocycles. The Morgan fingerprint density at radius 3 is 2.45 bits per heavy atom. The maximum atomic E-state index is 12.6. The van der Waals surface area contributed by atoms with E-state index in [4.69, 9.17) is 4.74 Å². The van der Waals surface area contributed by atoms with E-state index in [0.717, 1.165) is 10.7 Å². The van der Waals surface area contributed by atoms with E-state index in [-0.39, 0.29) is 10.8 Å². The minimum Gasteiger partial charge on any atom is -0.487 e. The molecule has 1 amide bonds. The number of aromatic nitrogens is 1. The van der Waals surface area contributed by atoms with Crippen LogP contribution in [-0.4, -0.2) is 24.8 Å². The Bertz CT molecular complexity index is 1160. The molecule has 0 aliphatic rings. The summed E-state index contributed by atoms with van der Waals surface area (Å²) in [6, 6.07) is 12.9. The van der Waals surface area contributed by atoms with Crippen LogP contribution in [0.3, 0.4) is 0 Å². The lowest BCUT2D eigenvalue weighted by atomic mass is 10.1. The lowest BCUT2D eigenvalue weighted by Crippen LogP contribution is -2.40. The van der Waals surface area contributed by atoms with Crippen molar-refractivity contribution in [3.8, 4) is 5.75 Å². The number of hydrogen-bond acceptors (Lipinski definition) is 6. The Hall–Kier alpha value is -2.75. The number of nitrogens with one attached hydrogen (secondary N) is 2. The van der Waals surface area contributed by atoms with Crippen LogP contribution < -0.4 is 14.8 Å². The van der Waals surface area contributed by atoms with E-state index in [9.17, 15) is 13.2 Å². The van der Waals surface area contributed by atoms with E-state index in [2.05, 4.69) is 15.0 Å². The number of rotatable bonds is 7. The van der Waals surface area contributed by atoms with E-state index in [1.165, 1.54) is 12.1 Å². The van der Waals surface area contributed by atoms with Gasteiger partial charge in [-0.05, 0) is 70.2 Å². The molecule has 3 rings (SSSR count). The van der Waals surface area contributed by atoms with Crippen molar-refractivity contribution in [2.24, 2.45) is 0 Å². The average molecular weight is 460 g/mol. The molecule has 0 bridgehead atoms. The summed E-state index contributed by atoms with van der Waals surface area (Å²) in [7, 11) is -3.70. The van der Waals surface area contributed by atoms with Gasteiger partial charge in [-0.2, -0.15) is 0 Å². The third-order valence-electron chi connectivity index (χ3n) is 4.01. The number of hydrogen-bond donors (Lipinski definition) is 2. The zero-order valence-corrected chi connectivity index (χ0v) is 19.4. The predicted molar refractivity (Wildman–Crippen MR) is 122 cm³/mol. The molecule has 164 valence electrons. The van der Waals surface area contributed by atoms with Gasteiger partial charge < -0.3 is 10.1 Å². The van der Waals surface area contributed by atoms with Gasteiger partial charge in [0.2, 0.25) is 10.0 Å². The summed E-state index contributed by atoms with van der Waals surface area (Å²) in [4.78, 5) is 17.0. The summed E-state index contributed by atoms with van der Waals surface area (Å²) in [6.45, 7) is 7.60. The smallest absolute Gasteiger partial charge is 0.255 e. The van der Waals surface area contributed by atoms with Gasteiger partial charge in [0.05, 0.1) is 15.6 Å². The van der Waals surface area contributed by atoms with Crippen molar-refractivity contribution < 1.29 is 17.9 Å². The number of ether oxygens (including phenoxy) is 1. The van der Waals surface area contributed by atoms with Crippen molar-refractivity contribution in [2.45, 2.75) is 44.7 Å². The van der Waals surface area contributed by atoms with Crippen LogP contribution in [0, 0.1) is 6.92 Å². The molecule has 0 fully saturated rings. The Kier molecular flexibility index (Phi) is 6.78. The fourth-order valence-electron chi connectivity index (χ4n) is 2.74. The minimum absolute atomic E-state index is 0.0845. The molecule has 31 heavy (non-hydrogen) atoms. The lowest BCUT2D eigenvalue weighted by Gasteiger charge is -2.20. The molecule has 1 heterocycles. The normalized spacial score (nSPS) is 11.9. The van der Waals surface area contributed by atoms with E-state index in [0.29, 0.717) is 23.6 Å². The highest BCUT2D eigenvalue weighted by Gasteiger charge is 2.22. The highest BCUT2D eigenvalue weighted by atomic mass is 32.2. The van der Waals surface area contributed by atoms with Gasteiger partial charge in [0.1, 0.15) is 12.4 Å². The zero-order valence-electron chi connectivity index (χ0n) is 17.8. The van der Waals surface area contributed by atoms with Gasteiger partial charge in [-0.1, -0.05) is 6.07 Å². The number of carbonyl (C=O) groups excluding carboxylic acids is 1. The second-order valence-electron chi connectivity index (χ2n) is 8.01. The fraction of sp³-hybridized carbons (Fsp3) is 0.273. The Morgan fingerprint density at radius 1 is 1.13 bits per heavy atom. The zero-order chi connectivity index (χ0) is 22.6. The van der Waals surface area contributed by atoms with Gasteiger partial charge in [0.15, 0.2) is 0 Å². The quantitative estimate of drug-likeness (QED) is 0.547. The Morgan fingerprint density at radius 2 is 1.84 bits per heavy atom. The second-order valence-corrected chi connectivity index (χ2v) is 10.8. The third kappa shape index (κ3) is 6.61. The first-order valence-corrected chi connectivity index (χ1v) is 12.0. The summed E-state index contributed by atoms with van der Waals surface area (Å²) in [5.74, 6) is 0.281. The van der Waals surface area contributed by atoms with Gasteiger partial charge in [0.25, 0.3) is 5.91 Å².